The smallest absolute Gasteiger partial charge is 0.298 e. The van der Waals surface area contributed by atoms with Crippen molar-refractivity contribution in [3.8, 4) is 5.75 Å². The number of hydrogen-bond donors (Lipinski definition) is 0. The maximum atomic E-state index is 12.7. The van der Waals surface area contributed by atoms with Gasteiger partial charge in [0.25, 0.3) is 11.1 Å². The van der Waals surface area contributed by atoms with Crippen molar-refractivity contribution in [2.75, 3.05) is 31.0 Å². The molecule has 0 aliphatic carbocycles. The van der Waals surface area contributed by atoms with Crippen molar-refractivity contribution < 1.29 is 14.3 Å². The third-order valence-electron chi connectivity index (χ3n) is 3.83. The van der Waals surface area contributed by atoms with E-state index in [4.69, 9.17) is 4.74 Å². The van der Waals surface area contributed by atoms with Gasteiger partial charge >= 0.3 is 0 Å². The summed E-state index contributed by atoms with van der Waals surface area (Å²) in [6.07, 6.45) is 1.74. The third-order valence-corrected chi connectivity index (χ3v) is 4.70. The molecule has 0 bridgehead atoms. The van der Waals surface area contributed by atoms with Gasteiger partial charge in [-0.25, -0.2) is 4.90 Å². The minimum Gasteiger partial charge on any atom is -0.495 e. The Morgan fingerprint density at radius 3 is 2.36 bits per heavy atom. The molecular weight excluding hydrogens is 336 g/mol. The van der Waals surface area contributed by atoms with Crippen molar-refractivity contribution >= 4 is 40.4 Å². The molecule has 2 aromatic rings. The molecule has 0 atom stereocenters. The Labute approximate surface area is 150 Å². The molecule has 0 unspecified atom stereocenters. The van der Waals surface area contributed by atoms with E-state index in [-0.39, 0.29) is 11.1 Å². The van der Waals surface area contributed by atoms with E-state index in [1.165, 1.54) is 7.11 Å². The highest BCUT2D eigenvalue weighted by Crippen LogP contribution is 2.39. The number of ether oxygens (including phenoxy) is 1. The van der Waals surface area contributed by atoms with E-state index in [0.717, 1.165) is 27.9 Å². The molecule has 1 heterocycles. The van der Waals surface area contributed by atoms with Gasteiger partial charge in [0.2, 0.25) is 0 Å². The van der Waals surface area contributed by atoms with E-state index < -0.39 is 0 Å². The van der Waals surface area contributed by atoms with Gasteiger partial charge in [-0.1, -0.05) is 24.3 Å². The summed E-state index contributed by atoms with van der Waals surface area (Å²) in [6, 6.07) is 14.8. The highest BCUT2D eigenvalue weighted by atomic mass is 32.2. The van der Waals surface area contributed by atoms with Crippen LogP contribution < -0.4 is 14.5 Å². The fourth-order valence-electron chi connectivity index (χ4n) is 2.51. The van der Waals surface area contributed by atoms with Crippen molar-refractivity contribution in [1.82, 2.24) is 0 Å². The molecule has 0 saturated carbocycles. The minimum absolute atomic E-state index is 0.328. The number of hydrogen-bond acceptors (Lipinski definition) is 5. The highest BCUT2D eigenvalue weighted by Gasteiger charge is 2.37. The van der Waals surface area contributed by atoms with Gasteiger partial charge in [0, 0.05) is 19.8 Å². The summed E-state index contributed by atoms with van der Waals surface area (Å²) in [7, 11) is 5.45. The Morgan fingerprint density at radius 1 is 1.04 bits per heavy atom. The molecule has 1 aliphatic heterocycles. The molecule has 0 radical (unpaired) electrons. The summed E-state index contributed by atoms with van der Waals surface area (Å²) in [5.41, 5.74) is 2.40. The van der Waals surface area contributed by atoms with Gasteiger partial charge in [-0.3, -0.25) is 9.59 Å². The van der Waals surface area contributed by atoms with Crippen LogP contribution in [0.25, 0.3) is 6.08 Å². The summed E-state index contributed by atoms with van der Waals surface area (Å²) in [4.78, 5) is 28.6. The predicted octanol–water partition coefficient (Wildman–Crippen LogP) is 4.00. The fourth-order valence-corrected chi connectivity index (χ4v) is 3.34. The maximum absolute atomic E-state index is 12.7. The molecule has 1 fully saturated rings. The number of para-hydroxylation sites is 2. The maximum Gasteiger partial charge on any atom is 0.298 e. The van der Waals surface area contributed by atoms with Gasteiger partial charge in [0.1, 0.15) is 5.75 Å². The summed E-state index contributed by atoms with van der Waals surface area (Å²) in [5.74, 6) is 0.151. The van der Waals surface area contributed by atoms with Crippen LogP contribution in [-0.2, 0) is 4.79 Å². The average molecular weight is 354 g/mol. The van der Waals surface area contributed by atoms with Crippen molar-refractivity contribution in [3.63, 3.8) is 0 Å². The second kappa shape index (κ2) is 7.03. The standard InChI is InChI=1S/C19H18N2O3S/c1-20(2)14-10-8-13(9-11-14)12-17-18(22)21(19(23)25-17)15-6-4-5-7-16(15)24-3/h4-12H,1-3H3. The number of nitrogens with zero attached hydrogens (tertiary/aromatic N) is 2. The van der Waals surface area contributed by atoms with Crippen molar-refractivity contribution in [2.45, 2.75) is 0 Å². The van der Waals surface area contributed by atoms with Crippen molar-refractivity contribution in [3.05, 3.63) is 59.0 Å². The van der Waals surface area contributed by atoms with Crippen molar-refractivity contribution in [1.29, 1.82) is 0 Å². The summed E-state index contributed by atoms with van der Waals surface area (Å²) < 4.78 is 5.26. The molecule has 6 heteroatoms. The normalized spacial score (nSPS) is 15.8. The lowest BCUT2D eigenvalue weighted by Gasteiger charge is -2.15. The molecule has 2 amide bonds. The molecule has 0 N–H and O–H groups in total. The number of imide groups is 1. The second-order valence-corrected chi connectivity index (χ2v) is 6.67. The average Bonchev–Trinajstić information content (AvgIpc) is 2.89. The molecule has 1 saturated heterocycles. The number of anilines is 2. The number of benzene rings is 2. The van der Waals surface area contributed by atoms with Gasteiger partial charge in [-0.15, -0.1) is 0 Å². The molecule has 5 nitrogen and oxygen atoms in total. The number of carbonyl (C=O) groups is 2. The summed E-state index contributed by atoms with van der Waals surface area (Å²) >= 11 is 0.934. The summed E-state index contributed by atoms with van der Waals surface area (Å²) in [5, 5.41) is -0.328. The third kappa shape index (κ3) is 3.39. The molecule has 3 rings (SSSR count). The first-order chi connectivity index (χ1) is 12.0. The molecular formula is C19H18N2O3S. The largest absolute Gasteiger partial charge is 0.495 e. The van der Waals surface area contributed by atoms with Crippen LogP contribution in [0.4, 0.5) is 16.2 Å². The van der Waals surface area contributed by atoms with Crippen molar-refractivity contribution in [2.24, 2.45) is 0 Å². The van der Waals surface area contributed by atoms with E-state index in [0.29, 0.717) is 16.3 Å². The number of methoxy groups -OCH3 is 1. The lowest BCUT2D eigenvalue weighted by Crippen LogP contribution is -2.28. The Bertz CT molecular complexity index is 844. The molecule has 25 heavy (non-hydrogen) atoms. The van der Waals surface area contributed by atoms with E-state index in [1.54, 1.807) is 30.3 Å². The number of rotatable bonds is 4. The number of thioether (sulfide) groups is 1. The van der Waals surface area contributed by atoms with Gasteiger partial charge in [-0.05, 0) is 47.7 Å². The van der Waals surface area contributed by atoms with Crippen LogP contribution in [0.5, 0.6) is 5.75 Å². The lowest BCUT2D eigenvalue weighted by molar-refractivity contribution is -0.113. The van der Waals surface area contributed by atoms with Gasteiger partial charge in [-0.2, -0.15) is 0 Å². The van der Waals surface area contributed by atoms with Crippen LogP contribution in [0, 0.1) is 0 Å². The Morgan fingerprint density at radius 2 is 1.72 bits per heavy atom. The molecule has 1 aliphatic rings. The Kier molecular flexibility index (Phi) is 4.81. The van der Waals surface area contributed by atoms with Crippen LogP contribution in [0.3, 0.4) is 0 Å². The van der Waals surface area contributed by atoms with Crippen LogP contribution in [0.2, 0.25) is 0 Å². The van der Waals surface area contributed by atoms with E-state index in [2.05, 4.69) is 0 Å². The van der Waals surface area contributed by atoms with E-state index in [9.17, 15) is 9.59 Å². The first-order valence-electron chi connectivity index (χ1n) is 7.69. The summed E-state index contributed by atoms with van der Waals surface area (Å²) in [6.45, 7) is 0. The topological polar surface area (TPSA) is 49.9 Å². The number of amides is 2. The Balaban J connectivity index is 1.90. The lowest BCUT2D eigenvalue weighted by atomic mass is 10.2. The molecule has 128 valence electrons. The SMILES string of the molecule is COc1ccccc1N1C(=O)SC(=Cc2ccc(N(C)C)cc2)C1=O. The predicted molar refractivity (Wildman–Crippen MR) is 102 cm³/mol. The molecule has 0 aromatic heterocycles. The highest BCUT2D eigenvalue weighted by molar-refractivity contribution is 8.19. The number of carbonyl (C=O) groups excluding carboxylic acids is 2. The zero-order chi connectivity index (χ0) is 18.0. The second-order valence-electron chi connectivity index (χ2n) is 5.67. The zero-order valence-electron chi connectivity index (χ0n) is 14.2. The van der Waals surface area contributed by atoms with Crippen LogP contribution in [-0.4, -0.2) is 32.4 Å². The first kappa shape index (κ1) is 17.1. The van der Waals surface area contributed by atoms with E-state index in [1.807, 2.05) is 43.3 Å². The Hall–Kier alpha value is -2.73. The zero-order valence-corrected chi connectivity index (χ0v) is 15.0. The van der Waals surface area contributed by atoms with E-state index >= 15 is 0 Å². The van der Waals surface area contributed by atoms with Gasteiger partial charge < -0.3 is 9.64 Å². The monoisotopic (exact) mass is 354 g/mol. The molecule has 0 spiro atoms. The minimum atomic E-state index is -0.337. The van der Waals surface area contributed by atoms with Crippen LogP contribution >= 0.6 is 11.8 Å². The quantitative estimate of drug-likeness (QED) is 0.777. The molecule has 2 aromatic carbocycles. The first-order valence-corrected chi connectivity index (χ1v) is 8.51. The van der Waals surface area contributed by atoms with Gasteiger partial charge in [0.05, 0.1) is 17.7 Å². The van der Waals surface area contributed by atoms with Crippen LogP contribution in [0.15, 0.2) is 53.4 Å². The van der Waals surface area contributed by atoms with Crippen LogP contribution in [0.1, 0.15) is 5.56 Å². The van der Waals surface area contributed by atoms with Gasteiger partial charge in [0.15, 0.2) is 0 Å². The fraction of sp³-hybridized carbons (Fsp3) is 0.158.